The van der Waals surface area contributed by atoms with Gasteiger partial charge >= 0.3 is 0 Å². The minimum absolute atomic E-state index is 0.388. The van der Waals surface area contributed by atoms with Crippen molar-refractivity contribution in [1.82, 2.24) is 14.6 Å². The zero-order valence-corrected chi connectivity index (χ0v) is 9.34. The summed E-state index contributed by atoms with van der Waals surface area (Å²) in [7, 11) is 0. The molecule has 3 nitrogen and oxygen atoms in total. The van der Waals surface area contributed by atoms with Crippen LogP contribution in [0.3, 0.4) is 0 Å². The highest BCUT2D eigenvalue weighted by atomic mass is 19.1. The highest BCUT2D eigenvalue weighted by molar-refractivity contribution is 5.78. The van der Waals surface area contributed by atoms with E-state index in [2.05, 4.69) is 16.1 Å². The second-order valence-electron chi connectivity index (χ2n) is 3.80. The van der Waals surface area contributed by atoms with Gasteiger partial charge in [0.25, 0.3) is 0 Å². The largest absolute Gasteiger partial charge is 0.285 e. The summed E-state index contributed by atoms with van der Waals surface area (Å²) >= 11 is 0. The van der Waals surface area contributed by atoms with Gasteiger partial charge in [-0.3, -0.25) is 4.40 Å². The second-order valence-corrected chi connectivity index (χ2v) is 3.80. The lowest BCUT2D eigenvalue weighted by atomic mass is 10.0. The summed E-state index contributed by atoms with van der Waals surface area (Å²) in [5.41, 5.74) is 2.02. The van der Waals surface area contributed by atoms with Crippen LogP contribution in [0, 0.1) is 18.2 Å². The van der Waals surface area contributed by atoms with Gasteiger partial charge in [-0.05, 0) is 5.56 Å². The summed E-state index contributed by atoms with van der Waals surface area (Å²) in [6, 6.07) is 9.16. The summed E-state index contributed by atoms with van der Waals surface area (Å²) < 4.78 is 15.6. The fourth-order valence-electron chi connectivity index (χ4n) is 1.96. The van der Waals surface area contributed by atoms with E-state index in [0.29, 0.717) is 16.8 Å². The van der Waals surface area contributed by atoms with Crippen molar-refractivity contribution in [3.8, 4) is 23.5 Å². The Morgan fingerprint density at radius 1 is 1.22 bits per heavy atom. The van der Waals surface area contributed by atoms with Crippen molar-refractivity contribution in [2.24, 2.45) is 0 Å². The summed E-state index contributed by atoms with van der Waals surface area (Å²) in [6.07, 6.45) is 8.24. The van der Waals surface area contributed by atoms with E-state index in [1.807, 2.05) is 30.3 Å². The van der Waals surface area contributed by atoms with Crippen LogP contribution < -0.4 is 0 Å². The van der Waals surface area contributed by atoms with E-state index < -0.39 is 0 Å². The van der Waals surface area contributed by atoms with Crippen LogP contribution in [-0.4, -0.2) is 14.6 Å². The molecule has 3 rings (SSSR count). The van der Waals surface area contributed by atoms with Crippen molar-refractivity contribution < 1.29 is 4.39 Å². The quantitative estimate of drug-likeness (QED) is 0.609. The van der Waals surface area contributed by atoms with Gasteiger partial charge in [0.1, 0.15) is 12.1 Å². The van der Waals surface area contributed by atoms with Crippen LogP contribution in [0.5, 0.6) is 0 Å². The van der Waals surface area contributed by atoms with E-state index in [1.165, 1.54) is 16.9 Å². The van der Waals surface area contributed by atoms with E-state index in [4.69, 9.17) is 6.42 Å². The first-order valence-corrected chi connectivity index (χ1v) is 5.35. The van der Waals surface area contributed by atoms with Crippen LogP contribution >= 0.6 is 0 Å². The zero-order chi connectivity index (χ0) is 12.5. The highest BCUT2D eigenvalue weighted by Gasteiger charge is 2.15. The predicted octanol–water partition coefficient (Wildman–Crippen LogP) is 2.52. The molecule has 0 aliphatic heterocycles. The fraction of sp³-hybridized carbons (Fsp3) is 0. The van der Waals surface area contributed by atoms with Crippen LogP contribution in [0.1, 0.15) is 5.56 Å². The first-order chi connectivity index (χ1) is 8.81. The number of pyridine rings is 1. The van der Waals surface area contributed by atoms with Gasteiger partial charge < -0.3 is 0 Å². The Bertz CT molecular complexity index is 754. The molecule has 0 saturated heterocycles. The third-order valence-electron chi connectivity index (χ3n) is 2.74. The molecule has 18 heavy (non-hydrogen) atoms. The molecule has 2 aromatic heterocycles. The predicted molar refractivity (Wildman–Crippen MR) is 66.3 cm³/mol. The summed E-state index contributed by atoms with van der Waals surface area (Å²) in [5, 5.41) is 7.66. The topological polar surface area (TPSA) is 30.2 Å². The standard InChI is InChI=1S/C14H8FN3/c1-2-11-13(10-6-4-3-5-7-10)12(15)8-18-9-16-17-14(11)18/h1,3-9H. The lowest BCUT2D eigenvalue weighted by Gasteiger charge is -2.07. The van der Waals surface area contributed by atoms with Crippen molar-refractivity contribution in [1.29, 1.82) is 0 Å². The third-order valence-corrected chi connectivity index (χ3v) is 2.74. The molecule has 0 bridgehead atoms. The molecule has 0 N–H and O–H groups in total. The van der Waals surface area contributed by atoms with Crippen LogP contribution in [0.2, 0.25) is 0 Å². The maximum atomic E-state index is 14.2. The molecule has 0 aliphatic carbocycles. The van der Waals surface area contributed by atoms with Gasteiger partial charge in [-0.2, -0.15) is 0 Å². The van der Waals surface area contributed by atoms with E-state index >= 15 is 0 Å². The summed E-state index contributed by atoms with van der Waals surface area (Å²) in [4.78, 5) is 0. The Labute approximate surface area is 103 Å². The molecule has 1 aromatic carbocycles. The van der Waals surface area contributed by atoms with Crippen LogP contribution in [0.25, 0.3) is 16.8 Å². The van der Waals surface area contributed by atoms with Gasteiger partial charge in [-0.25, -0.2) is 4.39 Å². The maximum Gasteiger partial charge on any atom is 0.177 e. The number of hydrogen-bond donors (Lipinski definition) is 0. The van der Waals surface area contributed by atoms with Gasteiger partial charge in [-0.15, -0.1) is 16.6 Å². The van der Waals surface area contributed by atoms with Crippen molar-refractivity contribution in [3.05, 3.63) is 54.2 Å². The van der Waals surface area contributed by atoms with Gasteiger partial charge in [0.15, 0.2) is 5.65 Å². The van der Waals surface area contributed by atoms with Crippen molar-refractivity contribution >= 4 is 5.65 Å². The van der Waals surface area contributed by atoms with Crippen LogP contribution in [-0.2, 0) is 0 Å². The zero-order valence-electron chi connectivity index (χ0n) is 9.34. The molecule has 2 heterocycles. The van der Waals surface area contributed by atoms with Gasteiger partial charge in [0, 0.05) is 11.8 Å². The first kappa shape index (κ1) is 10.5. The Balaban J connectivity index is 2.42. The Morgan fingerprint density at radius 2 is 2.00 bits per heavy atom. The molecular weight excluding hydrogens is 229 g/mol. The SMILES string of the molecule is C#Cc1c(-c2ccccc2)c(F)cn2cnnc12. The molecule has 4 heteroatoms. The molecular formula is C14H8FN3. The van der Waals surface area contributed by atoms with Gasteiger partial charge in [0.2, 0.25) is 0 Å². The molecule has 0 radical (unpaired) electrons. The number of halogens is 1. The minimum Gasteiger partial charge on any atom is -0.285 e. The summed E-state index contributed by atoms with van der Waals surface area (Å²) in [6.45, 7) is 0. The Morgan fingerprint density at radius 3 is 2.72 bits per heavy atom. The van der Waals surface area contributed by atoms with Crippen LogP contribution in [0.15, 0.2) is 42.9 Å². The number of benzene rings is 1. The normalized spacial score (nSPS) is 10.4. The molecule has 0 fully saturated rings. The second kappa shape index (κ2) is 3.97. The highest BCUT2D eigenvalue weighted by Crippen LogP contribution is 2.28. The summed E-state index contributed by atoms with van der Waals surface area (Å²) in [5.74, 6) is 2.11. The molecule has 86 valence electrons. The number of aromatic nitrogens is 3. The Hall–Kier alpha value is -2.67. The molecule has 0 aliphatic rings. The molecule has 0 amide bonds. The van der Waals surface area contributed by atoms with E-state index in [9.17, 15) is 4.39 Å². The van der Waals surface area contributed by atoms with E-state index in [1.54, 1.807) is 0 Å². The van der Waals surface area contributed by atoms with Crippen LogP contribution in [0.4, 0.5) is 4.39 Å². The average Bonchev–Trinajstić information content (AvgIpc) is 2.85. The lowest BCUT2D eigenvalue weighted by molar-refractivity contribution is 0.622. The van der Waals surface area contributed by atoms with Crippen molar-refractivity contribution in [2.45, 2.75) is 0 Å². The smallest absolute Gasteiger partial charge is 0.177 e. The Kier molecular flexibility index (Phi) is 2.31. The fourth-order valence-corrected chi connectivity index (χ4v) is 1.96. The van der Waals surface area contributed by atoms with E-state index in [-0.39, 0.29) is 5.82 Å². The first-order valence-electron chi connectivity index (χ1n) is 5.35. The number of hydrogen-bond acceptors (Lipinski definition) is 2. The lowest BCUT2D eigenvalue weighted by Crippen LogP contribution is -1.97. The number of terminal acetylenes is 1. The van der Waals surface area contributed by atoms with Crippen molar-refractivity contribution in [3.63, 3.8) is 0 Å². The number of rotatable bonds is 1. The van der Waals surface area contributed by atoms with Crippen molar-refractivity contribution in [2.75, 3.05) is 0 Å². The molecule has 0 unspecified atom stereocenters. The molecule has 3 aromatic rings. The monoisotopic (exact) mass is 237 g/mol. The number of fused-ring (bicyclic) bond motifs is 1. The molecule has 0 spiro atoms. The average molecular weight is 237 g/mol. The minimum atomic E-state index is -0.388. The third kappa shape index (κ3) is 1.45. The van der Waals surface area contributed by atoms with Gasteiger partial charge in [0.05, 0.1) is 5.56 Å². The van der Waals surface area contributed by atoms with E-state index in [0.717, 1.165) is 5.56 Å². The number of nitrogens with zero attached hydrogens (tertiary/aromatic N) is 3. The molecule has 0 saturated carbocycles. The van der Waals surface area contributed by atoms with Gasteiger partial charge in [-0.1, -0.05) is 36.3 Å². The molecule has 0 atom stereocenters. The maximum absolute atomic E-state index is 14.2.